The standard InChI is InChI=1S/C22H23N3O4S/c1-3-15(2)25-21(27)19(30-22(25)28)12-16-13-24(18-7-5-4-6-17(16)18)14-20(26)23-8-10-29-11-9-23/h3-7,12-13,15H,1,8-11,14H2,2H3/b19-12-/t15-/m1/s1. The second kappa shape index (κ2) is 8.49. The summed E-state index contributed by atoms with van der Waals surface area (Å²) in [5.74, 6) is -0.288. The lowest BCUT2D eigenvalue weighted by Crippen LogP contribution is -2.42. The smallest absolute Gasteiger partial charge is 0.294 e. The van der Waals surface area contributed by atoms with E-state index in [-0.39, 0.29) is 29.6 Å². The molecule has 0 bridgehead atoms. The van der Waals surface area contributed by atoms with Crippen molar-refractivity contribution < 1.29 is 19.1 Å². The largest absolute Gasteiger partial charge is 0.378 e. The van der Waals surface area contributed by atoms with Gasteiger partial charge in [0, 0.05) is 35.8 Å². The highest BCUT2D eigenvalue weighted by Crippen LogP contribution is 2.35. The van der Waals surface area contributed by atoms with Gasteiger partial charge in [0.05, 0.1) is 24.2 Å². The molecule has 2 fully saturated rings. The van der Waals surface area contributed by atoms with Crippen LogP contribution in [0.25, 0.3) is 17.0 Å². The topological polar surface area (TPSA) is 71.8 Å². The van der Waals surface area contributed by atoms with Gasteiger partial charge >= 0.3 is 0 Å². The third-order valence-corrected chi connectivity index (χ3v) is 6.23. The molecule has 2 saturated heterocycles. The molecule has 4 rings (SSSR count). The number of hydrogen-bond acceptors (Lipinski definition) is 5. The quantitative estimate of drug-likeness (QED) is 0.544. The van der Waals surface area contributed by atoms with Crippen LogP contribution < -0.4 is 0 Å². The van der Waals surface area contributed by atoms with Gasteiger partial charge in [-0.2, -0.15) is 0 Å². The second-order valence-corrected chi connectivity index (χ2v) is 8.24. The number of benzene rings is 1. The van der Waals surface area contributed by atoms with Crippen LogP contribution in [0.15, 0.2) is 48.0 Å². The van der Waals surface area contributed by atoms with E-state index in [0.717, 1.165) is 28.2 Å². The highest BCUT2D eigenvalue weighted by molar-refractivity contribution is 8.18. The molecule has 0 aliphatic carbocycles. The fraction of sp³-hybridized carbons (Fsp3) is 0.318. The number of rotatable bonds is 5. The highest BCUT2D eigenvalue weighted by Gasteiger charge is 2.37. The molecule has 3 amide bonds. The molecule has 1 atom stereocenters. The van der Waals surface area contributed by atoms with Crippen LogP contribution >= 0.6 is 11.8 Å². The average Bonchev–Trinajstić information content (AvgIpc) is 3.25. The van der Waals surface area contributed by atoms with Crippen molar-refractivity contribution in [2.45, 2.75) is 19.5 Å². The summed E-state index contributed by atoms with van der Waals surface area (Å²) < 4.78 is 7.22. The molecule has 0 saturated carbocycles. The Hall–Kier alpha value is -2.84. The van der Waals surface area contributed by atoms with Gasteiger partial charge in [-0.1, -0.05) is 24.3 Å². The summed E-state index contributed by atoms with van der Waals surface area (Å²) in [6.07, 6.45) is 5.18. The van der Waals surface area contributed by atoms with Crippen LogP contribution in [-0.4, -0.2) is 63.8 Å². The number of amides is 3. The number of aromatic nitrogens is 1. The summed E-state index contributed by atoms with van der Waals surface area (Å²) in [5, 5.41) is 0.626. The number of nitrogens with zero attached hydrogens (tertiary/aromatic N) is 3. The molecule has 8 heteroatoms. The zero-order valence-corrected chi connectivity index (χ0v) is 17.6. The van der Waals surface area contributed by atoms with Gasteiger partial charge in [-0.3, -0.25) is 19.3 Å². The minimum atomic E-state index is -0.365. The van der Waals surface area contributed by atoms with E-state index in [2.05, 4.69) is 6.58 Å². The van der Waals surface area contributed by atoms with E-state index >= 15 is 0 Å². The first-order chi connectivity index (χ1) is 14.5. The molecule has 156 valence electrons. The number of ether oxygens (including phenoxy) is 1. The van der Waals surface area contributed by atoms with Gasteiger partial charge in [-0.25, -0.2) is 0 Å². The number of morpholine rings is 1. The maximum Gasteiger partial charge on any atom is 0.294 e. The van der Waals surface area contributed by atoms with Crippen LogP contribution in [0.5, 0.6) is 0 Å². The zero-order valence-electron chi connectivity index (χ0n) is 16.7. The summed E-state index contributed by atoms with van der Waals surface area (Å²) >= 11 is 0.927. The van der Waals surface area contributed by atoms with Gasteiger partial charge in [-0.05, 0) is 30.8 Å². The van der Waals surface area contributed by atoms with Gasteiger partial charge in [-0.15, -0.1) is 6.58 Å². The Balaban J connectivity index is 1.65. The molecule has 3 heterocycles. The van der Waals surface area contributed by atoms with Gasteiger partial charge in [0.2, 0.25) is 5.91 Å². The van der Waals surface area contributed by atoms with Crippen molar-refractivity contribution in [2.24, 2.45) is 0 Å². The lowest BCUT2D eigenvalue weighted by Gasteiger charge is -2.27. The van der Waals surface area contributed by atoms with Crippen molar-refractivity contribution in [3.05, 3.63) is 53.6 Å². The van der Waals surface area contributed by atoms with Gasteiger partial charge in [0.25, 0.3) is 11.1 Å². The molecule has 30 heavy (non-hydrogen) atoms. The molecule has 1 aromatic heterocycles. The van der Waals surface area contributed by atoms with E-state index < -0.39 is 0 Å². The number of carbonyl (C=O) groups excluding carboxylic acids is 3. The SMILES string of the molecule is C=C[C@@H](C)N1C(=O)S/C(=C\c2cn(CC(=O)N3CCOCC3)c3ccccc23)C1=O. The molecular formula is C22H23N3O4S. The van der Waals surface area contributed by atoms with Crippen molar-refractivity contribution in [1.82, 2.24) is 14.4 Å². The Morgan fingerprint density at radius 2 is 2.00 bits per heavy atom. The lowest BCUT2D eigenvalue weighted by atomic mass is 10.1. The average molecular weight is 426 g/mol. The van der Waals surface area contributed by atoms with Crippen molar-refractivity contribution in [3.8, 4) is 0 Å². The summed E-state index contributed by atoms with van der Waals surface area (Å²) in [4.78, 5) is 41.1. The van der Waals surface area contributed by atoms with Crippen molar-refractivity contribution in [1.29, 1.82) is 0 Å². The first-order valence-corrected chi connectivity index (χ1v) is 10.6. The van der Waals surface area contributed by atoms with E-state index in [1.165, 1.54) is 4.90 Å². The maximum absolute atomic E-state index is 12.7. The monoisotopic (exact) mass is 425 g/mol. The van der Waals surface area contributed by atoms with Crippen LogP contribution in [0.4, 0.5) is 4.79 Å². The van der Waals surface area contributed by atoms with Crippen LogP contribution in [0.3, 0.4) is 0 Å². The van der Waals surface area contributed by atoms with Gasteiger partial charge < -0.3 is 14.2 Å². The van der Waals surface area contributed by atoms with Crippen LogP contribution in [0.2, 0.25) is 0 Å². The number of hydrogen-bond donors (Lipinski definition) is 0. The third kappa shape index (κ3) is 3.80. The van der Waals surface area contributed by atoms with Crippen molar-refractivity contribution in [3.63, 3.8) is 0 Å². The zero-order chi connectivity index (χ0) is 21.3. The lowest BCUT2D eigenvalue weighted by molar-refractivity contribution is -0.135. The van der Waals surface area contributed by atoms with Crippen LogP contribution in [-0.2, 0) is 20.9 Å². The first-order valence-electron chi connectivity index (χ1n) is 9.82. The number of imide groups is 1. The predicted molar refractivity (Wildman–Crippen MR) is 117 cm³/mol. The Kier molecular flexibility index (Phi) is 5.78. The van der Waals surface area contributed by atoms with Crippen molar-refractivity contribution >= 4 is 45.8 Å². The van der Waals surface area contributed by atoms with E-state index in [1.807, 2.05) is 35.0 Å². The highest BCUT2D eigenvalue weighted by atomic mass is 32.2. The van der Waals surface area contributed by atoms with Crippen LogP contribution in [0, 0.1) is 0 Å². The van der Waals surface area contributed by atoms with Crippen molar-refractivity contribution in [2.75, 3.05) is 26.3 Å². The molecule has 2 aromatic rings. The van der Waals surface area contributed by atoms with E-state index in [4.69, 9.17) is 4.74 Å². The molecule has 1 aromatic carbocycles. The summed E-state index contributed by atoms with van der Waals surface area (Å²) in [5.41, 5.74) is 1.71. The number of carbonyl (C=O) groups is 3. The Morgan fingerprint density at radius 3 is 2.73 bits per heavy atom. The predicted octanol–water partition coefficient (Wildman–Crippen LogP) is 3.11. The minimum absolute atomic E-state index is 0.0331. The molecule has 0 radical (unpaired) electrons. The summed E-state index contributed by atoms with van der Waals surface area (Å²) in [6, 6.07) is 7.37. The molecule has 0 unspecified atom stereocenters. The maximum atomic E-state index is 12.7. The molecule has 7 nitrogen and oxygen atoms in total. The Bertz CT molecular complexity index is 1050. The van der Waals surface area contributed by atoms with Gasteiger partial charge in [0.15, 0.2) is 0 Å². The first kappa shape index (κ1) is 20.4. The van der Waals surface area contributed by atoms with Gasteiger partial charge in [0.1, 0.15) is 6.54 Å². The Morgan fingerprint density at radius 1 is 1.27 bits per heavy atom. The molecule has 2 aliphatic heterocycles. The van der Waals surface area contributed by atoms with E-state index in [9.17, 15) is 14.4 Å². The molecular weight excluding hydrogens is 402 g/mol. The summed E-state index contributed by atoms with van der Waals surface area (Å²) in [7, 11) is 0. The van der Waals surface area contributed by atoms with E-state index in [1.54, 1.807) is 24.0 Å². The number of para-hydroxylation sites is 1. The summed E-state index contributed by atoms with van der Waals surface area (Å²) in [6.45, 7) is 7.95. The fourth-order valence-corrected chi connectivity index (χ4v) is 4.56. The number of thioether (sulfide) groups is 1. The van der Waals surface area contributed by atoms with Crippen LogP contribution in [0.1, 0.15) is 12.5 Å². The van der Waals surface area contributed by atoms with E-state index in [0.29, 0.717) is 31.2 Å². The fourth-order valence-electron chi connectivity index (χ4n) is 3.66. The Labute approximate surface area is 178 Å². The number of fused-ring (bicyclic) bond motifs is 1. The third-order valence-electron chi connectivity index (χ3n) is 5.35. The molecule has 2 aliphatic rings. The second-order valence-electron chi connectivity index (χ2n) is 7.25. The normalized spacial score (nSPS) is 19.7. The molecule has 0 spiro atoms. The molecule has 0 N–H and O–H groups in total. The minimum Gasteiger partial charge on any atom is -0.378 e.